The number of H-pyrrole nitrogens is 2. The highest BCUT2D eigenvalue weighted by Crippen LogP contribution is 2.43. The van der Waals surface area contributed by atoms with Crippen molar-refractivity contribution >= 4 is 29.2 Å². The van der Waals surface area contributed by atoms with Crippen LogP contribution in [-0.4, -0.2) is 53.9 Å². The Balaban J connectivity index is 1.46. The maximum absolute atomic E-state index is 13.1. The number of aliphatic hydroxyl groups excluding tert-OH is 2. The van der Waals surface area contributed by atoms with E-state index in [1.807, 2.05) is 19.9 Å². The molecule has 0 saturated carbocycles. The van der Waals surface area contributed by atoms with Gasteiger partial charge in [0.15, 0.2) is 5.82 Å². The number of carbonyl (C=O) groups excluding carboxylic acids is 1. The van der Waals surface area contributed by atoms with Crippen LogP contribution in [0, 0.1) is 0 Å². The smallest absolute Gasteiger partial charge is 0.248 e. The number of fused-ring (bicyclic) bond motifs is 1. The summed E-state index contributed by atoms with van der Waals surface area (Å²) in [5.41, 5.74) is 1.95. The molecule has 1 aliphatic heterocycles. The molecule has 1 unspecified atom stereocenters. The van der Waals surface area contributed by atoms with Gasteiger partial charge < -0.3 is 30.7 Å². The minimum absolute atomic E-state index is 0.121. The molecule has 3 aromatic heterocycles. The molecule has 0 radical (unpaired) electrons. The van der Waals surface area contributed by atoms with Crippen LogP contribution in [0.3, 0.4) is 0 Å². The molecule has 6 N–H and O–H groups in total. The average molecular weight is 481 g/mol. The normalized spacial score (nSPS) is 21.4. The van der Waals surface area contributed by atoms with Gasteiger partial charge in [-0.2, -0.15) is 10.1 Å². The molecule has 0 spiro atoms. The topological polar surface area (TPSA) is 172 Å². The molecule has 12 nitrogen and oxygen atoms in total. The van der Waals surface area contributed by atoms with Crippen molar-refractivity contribution in [2.24, 2.45) is 0 Å². The first kappa shape index (κ1) is 23.0. The van der Waals surface area contributed by atoms with Crippen molar-refractivity contribution in [2.75, 3.05) is 22.1 Å². The Morgan fingerprint density at radius 1 is 1.23 bits per heavy atom. The second kappa shape index (κ2) is 9.12. The Labute approximate surface area is 200 Å². The molecule has 4 heterocycles. The molecule has 1 aliphatic carbocycles. The van der Waals surface area contributed by atoms with E-state index in [1.54, 1.807) is 4.90 Å². The number of aromatic amines is 2. The van der Waals surface area contributed by atoms with Gasteiger partial charge in [0.05, 0.1) is 23.6 Å². The van der Waals surface area contributed by atoms with Crippen LogP contribution in [0.4, 0.5) is 23.3 Å². The highest BCUT2D eigenvalue weighted by atomic mass is 16.3. The molecule has 1 amide bonds. The largest absolute Gasteiger partial charge is 0.388 e. The molecule has 1 saturated heterocycles. The van der Waals surface area contributed by atoms with E-state index in [0.717, 1.165) is 12.1 Å². The summed E-state index contributed by atoms with van der Waals surface area (Å²) in [7, 11) is 0. The fourth-order valence-electron chi connectivity index (χ4n) is 4.53. The zero-order chi connectivity index (χ0) is 24.7. The van der Waals surface area contributed by atoms with Crippen molar-refractivity contribution in [3.63, 3.8) is 0 Å². The van der Waals surface area contributed by atoms with Crippen LogP contribution in [0.2, 0.25) is 0 Å². The molecule has 35 heavy (non-hydrogen) atoms. The van der Waals surface area contributed by atoms with Crippen LogP contribution in [0.1, 0.15) is 68.2 Å². The molecular formula is C23H28N8O4. The quantitative estimate of drug-likeness (QED) is 0.308. The summed E-state index contributed by atoms with van der Waals surface area (Å²) in [6.45, 7) is 4.65. The van der Waals surface area contributed by atoms with E-state index >= 15 is 0 Å². The first-order valence-corrected chi connectivity index (χ1v) is 11.7. The van der Waals surface area contributed by atoms with Crippen molar-refractivity contribution in [1.82, 2.24) is 25.1 Å². The van der Waals surface area contributed by atoms with Crippen LogP contribution in [0.5, 0.6) is 0 Å². The number of amides is 1. The van der Waals surface area contributed by atoms with E-state index < -0.39 is 18.2 Å². The number of aliphatic hydroxyl groups is 2. The van der Waals surface area contributed by atoms with Crippen LogP contribution >= 0.6 is 0 Å². The Hall–Kier alpha value is -3.77. The first-order valence-electron chi connectivity index (χ1n) is 11.7. The third-order valence-corrected chi connectivity index (χ3v) is 6.39. The summed E-state index contributed by atoms with van der Waals surface area (Å²) in [6, 6.07) is 4.22. The third-order valence-electron chi connectivity index (χ3n) is 6.39. The number of rotatable bonds is 6. The minimum atomic E-state index is -0.941. The summed E-state index contributed by atoms with van der Waals surface area (Å²) < 4.78 is 0. The molecule has 12 heteroatoms. The van der Waals surface area contributed by atoms with Gasteiger partial charge in [-0.15, -0.1) is 0 Å². The van der Waals surface area contributed by atoms with Crippen molar-refractivity contribution in [1.29, 1.82) is 0 Å². The fraction of sp³-hybridized carbons (Fsp3) is 0.435. The second-order valence-electron chi connectivity index (χ2n) is 9.21. The van der Waals surface area contributed by atoms with E-state index in [9.17, 15) is 19.8 Å². The molecule has 1 fully saturated rings. The van der Waals surface area contributed by atoms with Gasteiger partial charge in [0.1, 0.15) is 11.9 Å². The number of anilines is 4. The lowest BCUT2D eigenvalue weighted by Gasteiger charge is -2.25. The van der Waals surface area contributed by atoms with E-state index in [4.69, 9.17) is 0 Å². The van der Waals surface area contributed by atoms with E-state index in [1.165, 1.54) is 18.3 Å². The lowest BCUT2D eigenvalue weighted by molar-refractivity contribution is -0.117. The molecular weight excluding hydrogens is 452 g/mol. The predicted molar refractivity (Wildman–Crippen MR) is 129 cm³/mol. The van der Waals surface area contributed by atoms with Crippen LogP contribution in [-0.2, 0) is 4.79 Å². The third kappa shape index (κ3) is 4.49. The molecule has 184 valence electrons. The summed E-state index contributed by atoms with van der Waals surface area (Å²) in [5.74, 6) is 1.18. The second-order valence-corrected chi connectivity index (χ2v) is 9.21. The number of pyridine rings is 1. The minimum Gasteiger partial charge on any atom is -0.388 e. The van der Waals surface area contributed by atoms with Gasteiger partial charge in [-0.1, -0.05) is 13.8 Å². The zero-order valence-corrected chi connectivity index (χ0v) is 19.4. The van der Waals surface area contributed by atoms with Crippen molar-refractivity contribution in [3.05, 3.63) is 51.7 Å². The first-order chi connectivity index (χ1) is 16.8. The summed E-state index contributed by atoms with van der Waals surface area (Å²) in [6.07, 6.45) is 1.06. The summed E-state index contributed by atoms with van der Waals surface area (Å²) >= 11 is 0. The molecule has 3 aromatic rings. The maximum Gasteiger partial charge on any atom is 0.248 e. The van der Waals surface area contributed by atoms with Gasteiger partial charge in [-0.25, -0.2) is 4.98 Å². The predicted octanol–water partition coefficient (Wildman–Crippen LogP) is 1.83. The number of nitrogens with zero attached hydrogens (tertiary/aromatic N) is 4. The monoisotopic (exact) mass is 480 g/mol. The highest BCUT2D eigenvalue weighted by molar-refractivity contribution is 5.96. The lowest BCUT2D eigenvalue weighted by atomic mass is 10.1. The zero-order valence-electron chi connectivity index (χ0n) is 19.4. The van der Waals surface area contributed by atoms with E-state index in [2.05, 4.69) is 35.8 Å². The lowest BCUT2D eigenvalue weighted by Crippen LogP contribution is -2.41. The molecule has 0 aromatic carbocycles. The Kier molecular flexibility index (Phi) is 5.99. The molecule has 3 atom stereocenters. The number of aromatic nitrogens is 5. The average Bonchev–Trinajstić information content (AvgIpc) is 3.55. The number of nitrogens with one attached hydrogen (secondary N) is 4. The van der Waals surface area contributed by atoms with E-state index in [0.29, 0.717) is 41.5 Å². The standard InChI is InChI=1S/C23H28N8O4/c1-11(2)13-8-17(30-29-13)26-21-19-15(32)9-16(33)20(19)27-23(28-21)31-7-3-4-14(31)22(35)25-12-5-6-18(34)24-10-12/h5-6,8,10-11,14-16,32-33H,3-4,7,9H2,1-2H3,(H,24,34)(H,25,35)(H2,26,27,28,29,30)/t14?,15-,16-/m1/s1. The SMILES string of the molecule is CC(C)c1cc(Nc2nc(N3CCCC3C(=O)Nc3ccc(=O)[nH]c3)nc3c2[C@H](O)C[C@H]3O)n[nH]1. The number of hydrogen-bond donors (Lipinski definition) is 6. The van der Waals surface area contributed by atoms with Gasteiger partial charge in [0, 0.05) is 42.6 Å². The van der Waals surface area contributed by atoms with E-state index in [-0.39, 0.29) is 29.8 Å². The van der Waals surface area contributed by atoms with Gasteiger partial charge in [0.25, 0.3) is 0 Å². The Morgan fingerprint density at radius 2 is 2.06 bits per heavy atom. The van der Waals surface area contributed by atoms with Crippen molar-refractivity contribution in [2.45, 2.75) is 57.3 Å². The summed E-state index contributed by atoms with van der Waals surface area (Å²) in [4.78, 5) is 37.9. The van der Waals surface area contributed by atoms with Crippen molar-refractivity contribution < 1.29 is 15.0 Å². The number of carbonyl (C=O) groups is 1. The molecule has 2 aliphatic rings. The maximum atomic E-state index is 13.1. The van der Waals surface area contributed by atoms with Crippen LogP contribution < -0.4 is 21.1 Å². The van der Waals surface area contributed by atoms with Gasteiger partial charge in [-0.05, 0) is 24.8 Å². The highest BCUT2D eigenvalue weighted by Gasteiger charge is 2.38. The van der Waals surface area contributed by atoms with Gasteiger partial charge >= 0.3 is 0 Å². The Morgan fingerprint density at radius 3 is 2.77 bits per heavy atom. The molecule has 0 bridgehead atoms. The van der Waals surface area contributed by atoms with Gasteiger partial charge in [-0.3, -0.25) is 14.7 Å². The van der Waals surface area contributed by atoms with Crippen LogP contribution in [0.15, 0.2) is 29.2 Å². The molecule has 5 rings (SSSR count). The Bertz CT molecular complexity index is 1280. The van der Waals surface area contributed by atoms with Crippen LogP contribution in [0.25, 0.3) is 0 Å². The summed E-state index contributed by atoms with van der Waals surface area (Å²) in [5, 5.41) is 34.4. The fourth-order valence-corrected chi connectivity index (χ4v) is 4.53. The van der Waals surface area contributed by atoms with Gasteiger partial charge in [0.2, 0.25) is 17.4 Å². The number of hydrogen-bond acceptors (Lipinski definition) is 9. The van der Waals surface area contributed by atoms with Crippen molar-refractivity contribution in [3.8, 4) is 0 Å².